The lowest BCUT2D eigenvalue weighted by atomic mass is 10.2. The molecule has 0 bridgehead atoms. The molecule has 1 aromatic heterocycles. The van der Waals surface area contributed by atoms with E-state index >= 15 is 0 Å². The number of rotatable bonds is 4. The first-order valence-corrected chi connectivity index (χ1v) is 6.20. The molecule has 2 unspecified atom stereocenters. The summed E-state index contributed by atoms with van der Waals surface area (Å²) in [7, 11) is 0. The molecule has 0 N–H and O–H groups in total. The molecule has 0 spiro atoms. The van der Waals surface area contributed by atoms with E-state index in [1.807, 2.05) is 6.92 Å². The van der Waals surface area contributed by atoms with Gasteiger partial charge in [-0.2, -0.15) is 0 Å². The van der Waals surface area contributed by atoms with Crippen molar-refractivity contribution in [2.75, 3.05) is 6.61 Å². The molecule has 1 aliphatic rings. The molecule has 0 saturated heterocycles. The van der Waals surface area contributed by atoms with E-state index in [4.69, 9.17) is 4.74 Å². The molecule has 0 radical (unpaired) electrons. The lowest BCUT2D eigenvalue weighted by molar-refractivity contribution is 0.0524. The Morgan fingerprint density at radius 1 is 1.53 bits per heavy atom. The van der Waals surface area contributed by atoms with Crippen LogP contribution in [0.25, 0.3) is 0 Å². The largest absolute Gasteiger partial charge is 0.462 e. The summed E-state index contributed by atoms with van der Waals surface area (Å²) in [5, 5.41) is 0. The molecule has 1 aromatic rings. The smallest absolute Gasteiger partial charge is 0.341 e. The molecule has 0 aromatic carbocycles. The topological polar surface area (TPSA) is 52.1 Å². The fraction of sp³-hybridized carbons (Fsp3) is 0.615. The van der Waals surface area contributed by atoms with Crippen molar-refractivity contribution in [3.63, 3.8) is 0 Å². The molecular formula is C13H18N2O2. The lowest BCUT2D eigenvalue weighted by Gasteiger charge is -2.07. The van der Waals surface area contributed by atoms with Gasteiger partial charge in [0.05, 0.1) is 17.9 Å². The van der Waals surface area contributed by atoms with Crippen LogP contribution in [0.3, 0.4) is 0 Å². The zero-order chi connectivity index (χ0) is 12.4. The number of carbonyl (C=O) groups excluding carboxylic acids is 1. The molecule has 1 heterocycles. The third kappa shape index (κ3) is 2.46. The summed E-state index contributed by atoms with van der Waals surface area (Å²) < 4.78 is 4.99. The van der Waals surface area contributed by atoms with E-state index in [2.05, 4.69) is 16.9 Å². The summed E-state index contributed by atoms with van der Waals surface area (Å²) in [5.74, 6) is 1.71. The van der Waals surface area contributed by atoms with Crippen molar-refractivity contribution in [3.05, 3.63) is 23.3 Å². The van der Waals surface area contributed by atoms with Gasteiger partial charge in [-0.3, -0.25) is 0 Å². The van der Waals surface area contributed by atoms with Crippen LogP contribution in [0.2, 0.25) is 0 Å². The van der Waals surface area contributed by atoms with Gasteiger partial charge in [0.15, 0.2) is 0 Å². The number of hydrogen-bond donors (Lipinski definition) is 0. The van der Waals surface area contributed by atoms with Gasteiger partial charge >= 0.3 is 5.97 Å². The minimum Gasteiger partial charge on any atom is -0.462 e. The van der Waals surface area contributed by atoms with Crippen LogP contribution in [0.1, 0.15) is 55.0 Å². The summed E-state index contributed by atoms with van der Waals surface area (Å²) in [4.78, 5) is 20.5. The van der Waals surface area contributed by atoms with Crippen LogP contribution in [0.15, 0.2) is 6.20 Å². The maximum atomic E-state index is 11.7. The van der Waals surface area contributed by atoms with E-state index < -0.39 is 0 Å². The van der Waals surface area contributed by atoms with Gasteiger partial charge in [-0.15, -0.1) is 0 Å². The van der Waals surface area contributed by atoms with Gasteiger partial charge in [0.25, 0.3) is 0 Å². The van der Waals surface area contributed by atoms with Gasteiger partial charge in [0, 0.05) is 12.1 Å². The summed E-state index contributed by atoms with van der Waals surface area (Å²) in [6, 6.07) is 0. The predicted octanol–water partition coefficient (Wildman–Crippen LogP) is 2.34. The molecule has 92 valence electrons. The Kier molecular flexibility index (Phi) is 3.41. The normalized spacial score (nSPS) is 22.3. The van der Waals surface area contributed by atoms with E-state index in [9.17, 15) is 4.79 Å². The Balaban J connectivity index is 2.25. The number of ether oxygens (including phenoxy) is 1. The number of hydrogen-bond acceptors (Lipinski definition) is 4. The van der Waals surface area contributed by atoms with Crippen LogP contribution in [0.4, 0.5) is 0 Å². The third-order valence-corrected chi connectivity index (χ3v) is 3.16. The quantitative estimate of drug-likeness (QED) is 0.750. The molecule has 2 atom stereocenters. The first-order valence-electron chi connectivity index (χ1n) is 6.20. The maximum absolute atomic E-state index is 11.7. The molecule has 1 aliphatic carbocycles. The van der Waals surface area contributed by atoms with Gasteiger partial charge in [-0.1, -0.05) is 13.8 Å². The van der Waals surface area contributed by atoms with E-state index in [0.29, 0.717) is 24.0 Å². The number of esters is 1. The van der Waals surface area contributed by atoms with E-state index in [1.54, 1.807) is 13.1 Å². The molecule has 4 heteroatoms. The summed E-state index contributed by atoms with van der Waals surface area (Å²) in [6.07, 6.45) is 3.50. The summed E-state index contributed by atoms with van der Waals surface area (Å²) in [6.45, 7) is 6.36. The minimum absolute atomic E-state index is 0.320. The van der Waals surface area contributed by atoms with Crippen LogP contribution < -0.4 is 0 Å². The fourth-order valence-electron chi connectivity index (χ4n) is 1.94. The van der Waals surface area contributed by atoms with Gasteiger partial charge in [-0.05, 0) is 25.7 Å². The number of carbonyl (C=O) groups is 1. The van der Waals surface area contributed by atoms with Crippen molar-refractivity contribution in [3.8, 4) is 0 Å². The molecule has 1 fully saturated rings. The van der Waals surface area contributed by atoms with Crippen LogP contribution in [-0.2, 0) is 11.2 Å². The second kappa shape index (κ2) is 4.82. The van der Waals surface area contributed by atoms with Crippen molar-refractivity contribution in [1.82, 2.24) is 9.97 Å². The summed E-state index contributed by atoms with van der Waals surface area (Å²) in [5.41, 5.74) is 1.30. The highest BCUT2D eigenvalue weighted by molar-refractivity contribution is 5.90. The zero-order valence-corrected chi connectivity index (χ0v) is 10.6. The Bertz CT molecular complexity index is 431. The van der Waals surface area contributed by atoms with Crippen LogP contribution >= 0.6 is 0 Å². The Hall–Kier alpha value is -1.45. The van der Waals surface area contributed by atoms with Crippen molar-refractivity contribution < 1.29 is 9.53 Å². The van der Waals surface area contributed by atoms with Gasteiger partial charge in [0.2, 0.25) is 0 Å². The molecule has 0 amide bonds. The highest BCUT2D eigenvalue weighted by Crippen LogP contribution is 2.45. The molecular weight excluding hydrogens is 216 g/mol. The van der Waals surface area contributed by atoms with Crippen molar-refractivity contribution in [1.29, 1.82) is 0 Å². The number of nitrogens with zero attached hydrogens (tertiary/aromatic N) is 2. The minimum atomic E-state index is -0.320. The molecule has 4 nitrogen and oxygen atoms in total. The van der Waals surface area contributed by atoms with Crippen LogP contribution in [-0.4, -0.2) is 22.5 Å². The standard InChI is InChI=1S/C13H18N2O2/c1-4-11-10(13(16)17-5-2)7-14-12(15-11)9-6-8(9)3/h7-9H,4-6H2,1-3H3. The monoisotopic (exact) mass is 234 g/mol. The van der Waals surface area contributed by atoms with Gasteiger partial charge in [-0.25, -0.2) is 14.8 Å². The second-order valence-electron chi connectivity index (χ2n) is 4.48. The second-order valence-corrected chi connectivity index (χ2v) is 4.48. The lowest BCUT2D eigenvalue weighted by Crippen LogP contribution is -2.11. The summed E-state index contributed by atoms with van der Waals surface area (Å²) >= 11 is 0. The Morgan fingerprint density at radius 3 is 2.76 bits per heavy atom. The molecule has 17 heavy (non-hydrogen) atoms. The highest BCUT2D eigenvalue weighted by atomic mass is 16.5. The Labute approximate surface area is 101 Å². The number of aryl methyl sites for hydroxylation is 1. The Morgan fingerprint density at radius 2 is 2.24 bits per heavy atom. The van der Waals surface area contributed by atoms with Crippen LogP contribution in [0, 0.1) is 5.92 Å². The molecule has 0 aliphatic heterocycles. The van der Waals surface area contributed by atoms with Gasteiger partial charge in [0.1, 0.15) is 5.82 Å². The van der Waals surface area contributed by atoms with Crippen molar-refractivity contribution in [2.45, 2.75) is 39.5 Å². The van der Waals surface area contributed by atoms with E-state index in [1.165, 1.54) is 0 Å². The van der Waals surface area contributed by atoms with Crippen molar-refractivity contribution >= 4 is 5.97 Å². The highest BCUT2D eigenvalue weighted by Gasteiger charge is 2.36. The van der Waals surface area contributed by atoms with E-state index in [-0.39, 0.29) is 5.97 Å². The SMILES string of the molecule is CCOC(=O)c1cnc(C2CC2C)nc1CC. The van der Waals surface area contributed by atoms with Crippen LogP contribution in [0.5, 0.6) is 0 Å². The average molecular weight is 234 g/mol. The predicted molar refractivity (Wildman–Crippen MR) is 63.9 cm³/mol. The maximum Gasteiger partial charge on any atom is 0.341 e. The number of aromatic nitrogens is 2. The molecule has 2 rings (SSSR count). The van der Waals surface area contributed by atoms with Gasteiger partial charge < -0.3 is 4.74 Å². The fourth-order valence-corrected chi connectivity index (χ4v) is 1.94. The first-order chi connectivity index (χ1) is 8.17. The molecule has 1 saturated carbocycles. The van der Waals surface area contributed by atoms with Crippen molar-refractivity contribution in [2.24, 2.45) is 5.92 Å². The first kappa shape index (κ1) is 12.0. The zero-order valence-electron chi connectivity index (χ0n) is 10.6. The average Bonchev–Trinajstić information content (AvgIpc) is 3.06. The van der Waals surface area contributed by atoms with E-state index in [0.717, 1.165) is 24.4 Å². The third-order valence-electron chi connectivity index (χ3n) is 3.16.